The molecule has 0 radical (unpaired) electrons. The maximum atomic E-state index is 10.4. The van der Waals surface area contributed by atoms with E-state index in [0.29, 0.717) is 5.78 Å². The van der Waals surface area contributed by atoms with Gasteiger partial charge in [-0.15, -0.1) is 35.6 Å². The monoisotopic (exact) mass is 671 g/mol. The summed E-state index contributed by atoms with van der Waals surface area (Å²) in [5.41, 5.74) is 0.771. The molecule has 0 aromatic rings. The van der Waals surface area contributed by atoms with Gasteiger partial charge in [0.05, 0.1) is 0 Å². The molecule has 0 aromatic carbocycles. The van der Waals surface area contributed by atoms with Gasteiger partial charge in [-0.3, -0.25) is 0 Å². The fourth-order valence-electron chi connectivity index (χ4n) is 3.72. The van der Waals surface area contributed by atoms with Crippen molar-refractivity contribution in [3.63, 3.8) is 0 Å². The number of carbonyl (C=O) groups excluding carboxylic acids is 1. The second-order valence-electron chi connectivity index (χ2n) is 13.5. The van der Waals surface area contributed by atoms with E-state index in [2.05, 4.69) is 130 Å². The van der Waals surface area contributed by atoms with Crippen molar-refractivity contribution in [1.29, 1.82) is 0 Å². The third kappa shape index (κ3) is 84.3. The minimum atomic E-state index is 0.291. The van der Waals surface area contributed by atoms with Gasteiger partial charge in [-0.05, 0) is 94.0 Å². The van der Waals surface area contributed by atoms with E-state index in [0.717, 1.165) is 61.6 Å². The number of allylic oxidation sites excluding steroid dienone is 4. The van der Waals surface area contributed by atoms with E-state index in [1.807, 2.05) is 13.0 Å². The molecular formula is C43H91O2P. The van der Waals surface area contributed by atoms with Gasteiger partial charge >= 0.3 is 0 Å². The van der Waals surface area contributed by atoms with Crippen LogP contribution in [0, 0.1) is 29.6 Å². The zero-order valence-electron chi connectivity index (χ0n) is 34.4. The second-order valence-corrected chi connectivity index (χ2v) is 14.5. The van der Waals surface area contributed by atoms with Crippen LogP contribution in [0.4, 0.5) is 0 Å². The zero-order chi connectivity index (χ0) is 37.8. The van der Waals surface area contributed by atoms with Gasteiger partial charge in [-0.1, -0.05) is 139 Å². The van der Waals surface area contributed by atoms with Gasteiger partial charge < -0.3 is 9.90 Å². The summed E-state index contributed by atoms with van der Waals surface area (Å²) in [7, 11) is 3.86. The SMILES string of the molecule is C/C=C\CCCC(C)=O.C=C.C=C.CC(C)C.CC(C)CC(C)C(C)P.CCC(C)C.CCCCCC/C=C/C1CCCC1.CO. The van der Waals surface area contributed by atoms with Crippen LogP contribution in [0.15, 0.2) is 50.6 Å². The Morgan fingerprint density at radius 1 is 0.783 bits per heavy atom. The highest BCUT2D eigenvalue weighted by Gasteiger charge is 2.10. The minimum Gasteiger partial charge on any atom is -0.400 e. The topological polar surface area (TPSA) is 37.3 Å². The summed E-state index contributed by atoms with van der Waals surface area (Å²) < 4.78 is 0. The fourth-order valence-corrected chi connectivity index (χ4v) is 3.88. The fraction of sp³-hybridized carbons (Fsp3) is 0.791. The molecule has 0 heterocycles. The van der Waals surface area contributed by atoms with Gasteiger partial charge in [0.15, 0.2) is 0 Å². The lowest BCUT2D eigenvalue weighted by Crippen LogP contribution is -2.08. The molecule has 0 saturated heterocycles. The molecule has 1 N–H and O–H groups in total. The molecule has 280 valence electrons. The van der Waals surface area contributed by atoms with E-state index in [4.69, 9.17) is 5.11 Å². The van der Waals surface area contributed by atoms with Crippen LogP contribution in [0.1, 0.15) is 180 Å². The van der Waals surface area contributed by atoms with Crippen molar-refractivity contribution in [3.05, 3.63) is 50.6 Å². The molecule has 3 heteroatoms. The van der Waals surface area contributed by atoms with E-state index < -0.39 is 0 Å². The molecule has 0 aliphatic heterocycles. The quantitative estimate of drug-likeness (QED) is 0.113. The first-order valence-corrected chi connectivity index (χ1v) is 19.4. The normalized spacial score (nSPS) is 13.0. The molecule has 1 aliphatic rings. The first-order chi connectivity index (χ1) is 21.7. The Balaban J connectivity index is -0.0000000830. The van der Waals surface area contributed by atoms with Gasteiger partial charge in [-0.2, -0.15) is 0 Å². The maximum absolute atomic E-state index is 10.4. The molecule has 3 unspecified atom stereocenters. The van der Waals surface area contributed by atoms with Crippen molar-refractivity contribution in [2.24, 2.45) is 29.6 Å². The van der Waals surface area contributed by atoms with Gasteiger partial charge in [-0.25, -0.2) is 0 Å². The molecule has 1 fully saturated rings. The molecule has 0 amide bonds. The Hall–Kier alpha value is -0.980. The number of hydrogen-bond acceptors (Lipinski definition) is 2. The number of ketones is 1. The van der Waals surface area contributed by atoms with E-state index in [1.165, 1.54) is 70.6 Å². The van der Waals surface area contributed by atoms with Crippen LogP contribution in [-0.2, 0) is 4.79 Å². The molecule has 0 bridgehead atoms. The summed E-state index contributed by atoms with van der Waals surface area (Å²) in [5.74, 6) is 4.65. The Morgan fingerprint density at radius 2 is 1.22 bits per heavy atom. The van der Waals surface area contributed by atoms with Gasteiger partial charge in [0.2, 0.25) is 0 Å². The molecule has 1 saturated carbocycles. The number of rotatable bonds is 14. The zero-order valence-corrected chi connectivity index (χ0v) is 35.6. The molecule has 3 atom stereocenters. The van der Waals surface area contributed by atoms with Crippen molar-refractivity contribution in [3.8, 4) is 0 Å². The Kier molecular flexibility index (Phi) is 73.9. The number of aliphatic hydroxyl groups excluding tert-OH is 1. The van der Waals surface area contributed by atoms with Crippen LogP contribution >= 0.6 is 9.24 Å². The van der Waals surface area contributed by atoms with E-state index in [9.17, 15) is 4.79 Å². The standard InChI is InChI=1S/C13H24.C8H14O.C8H19P.C5H12.C4H10.2C2H4.CH4O/c1-2-3-4-5-6-7-10-13-11-8-9-12-13;1-3-4-5-6-7-8(2)9;1-6(2)5-7(3)8(4)9;1-4-5(2)3;1-4(2)3;3*1-2/h7,10,13H,2-6,8-9,11-12H2,1H3;3-4H,5-7H2,1-2H3;6-8H,5,9H2,1-4H3;5H,4H2,1-3H3;4H,1-3H3;2*1-2H2;2H,1H3/b10-7+;4-3-;;;;;;. The van der Waals surface area contributed by atoms with Crippen LogP contribution in [0.25, 0.3) is 0 Å². The van der Waals surface area contributed by atoms with Crippen LogP contribution in [-0.4, -0.2) is 23.7 Å². The summed E-state index contributed by atoms with van der Waals surface area (Å²) in [6.45, 7) is 40.2. The number of aliphatic hydroxyl groups is 1. The van der Waals surface area contributed by atoms with Gasteiger partial charge in [0, 0.05) is 13.5 Å². The first-order valence-electron chi connectivity index (χ1n) is 18.7. The van der Waals surface area contributed by atoms with Crippen molar-refractivity contribution in [1.82, 2.24) is 0 Å². The van der Waals surface area contributed by atoms with Gasteiger partial charge in [0.1, 0.15) is 5.78 Å². The first kappa shape index (κ1) is 60.4. The van der Waals surface area contributed by atoms with Crippen molar-refractivity contribution in [2.75, 3.05) is 7.11 Å². The van der Waals surface area contributed by atoms with Crippen molar-refractivity contribution >= 4 is 15.0 Å². The molecule has 0 spiro atoms. The lowest BCUT2D eigenvalue weighted by Gasteiger charge is -2.16. The Bertz CT molecular complexity index is 552. The number of carbonyl (C=O) groups is 1. The lowest BCUT2D eigenvalue weighted by molar-refractivity contribution is -0.117. The summed E-state index contributed by atoms with van der Waals surface area (Å²) in [6, 6.07) is 0. The smallest absolute Gasteiger partial charge is 0.129 e. The molecular weight excluding hydrogens is 579 g/mol. The highest BCUT2D eigenvalue weighted by atomic mass is 31.0. The average Bonchev–Trinajstić information content (AvgIpc) is 3.54. The molecule has 0 aromatic heterocycles. The van der Waals surface area contributed by atoms with Crippen LogP contribution < -0.4 is 0 Å². The summed E-state index contributed by atoms with van der Waals surface area (Å²) in [6.07, 6.45) is 27.1. The van der Waals surface area contributed by atoms with Crippen molar-refractivity contribution < 1.29 is 9.90 Å². The Labute approximate surface area is 297 Å². The highest BCUT2D eigenvalue weighted by molar-refractivity contribution is 7.17. The number of Topliss-reactive ketones (excluding diaryl/α,β-unsaturated/α-hetero) is 1. The van der Waals surface area contributed by atoms with Gasteiger partial charge in [0.25, 0.3) is 0 Å². The lowest BCUT2D eigenvalue weighted by atomic mass is 9.96. The Morgan fingerprint density at radius 3 is 1.52 bits per heavy atom. The third-order valence-electron chi connectivity index (χ3n) is 6.73. The van der Waals surface area contributed by atoms with E-state index in [-0.39, 0.29) is 0 Å². The van der Waals surface area contributed by atoms with Crippen LogP contribution in [0.5, 0.6) is 0 Å². The molecule has 1 aliphatic carbocycles. The molecule has 1 rings (SSSR count). The van der Waals surface area contributed by atoms with Crippen LogP contribution in [0.3, 0.4) is 0 Å². The minimum absolute atomic E-state index is 0.291. The van der Waals surface area contributed by atoms with Crippen molar-refractivity contribution in [2.45, 2.75) is 186 Å². The predicted molar refractivity (Wildman–Crippen MR) is 223 cm³/mol. The van der Waals surface area contributed by atoms with E-state index in [1.54, 1.807) is 6.92 Å². The number of hydrogen-bond donors (Lipinski definition) is 1. The summed E-state index contributed by atoms with van der Waals surface area (Å²) in [5, 5.41) is 7.00. The largest absolute Gasteiger partial charge is 0.400 e. The molecule has 46 heavy (non-hydrogen) atoms. The summed E-state index contributed by atoms with van der Waals surface area (Å²) >= 11 is 0. The molecule has 2 nitrogen and oxygen atoms in total. The second kappa shape index (κ2) is 56.4. The van der Waals surface area contributed by atoms with Crippen LogP contribution in [0.2, 0.25) is 0 Å². The predicted octanol–water partition coefficient (Wildman–Crippen LogP) is 14.9. The maximum Gasteiger partial charge on any atom is 0.129 e. The van der Waals surface area contributed by atoms with E-state index >= 15 is 0 Å². The highest BCUT2D eigenvalue weighted by Crippen LogP contribution is 2.25. The number of unbranched alkanes of at least 4 members (excludes halogenated alkanes) is 5. The third-order valence-corrected chi connectivity index (χ3v) is 7.38. The summed E-state index contributed by atoms with van der Waals surface area (Å²) in [4.78, 5) is 10.4. The average molecular weight is 671 g/mol.